The summed E-state index contributed by atoms with van der Waals surface area (Å²) in [5, 5.41) is 12.1. The van der Waals surface area contributed by atoms with Crippen LogP contribution in [0.1, 0.15) is 34.0 Å². The van der Waals surface area contributed by atoms with Gasteiger partial charge in [-0.3, -0.25) is 4.79 Å². The van der Waals surface area contributed by atoms with Crippen molar-refractivity contribution in [3.63, 3.8) is 0 Å². The maximum absolute atomic E-state index is 12.8. The Balaban J connectivity index is 1.56. The highest BCUT2D eigenvalue weighted by Crippen LogP contribution is 2.35. The summed E-state index contributed by atoms with van der Waals surface area (Å²) >= 11 is 0. The van der Waals surface area contributed by atoms with Gasteiger partial charge in [0, 0.05) is 37.3 Å². The van der Waals surface area contributed by atoms with E-state index in [2.05, 4.69) is 5.32 Å². The van der Waals surface area contributed by atoms with Crippen molar-refractivity contribution >= 4 is 17.7 Å². The summed E-state index contributed by atoms with van der Waals surface area (Å²) in [4.78, 5) is 38.1. The molecular weight excluding hydrogens is 346 g/mol. The first-order valence-corrected chi connectivity index (χ1v) is 9.02. The summed E-state index contributed by atoms with van der Waals surface area (Å²) in [6, 6.07) is 9.86. The predicted octanol–water partition coefficient (Wildman–Crippen LogP) is 2.51. The summed E-state index contributed by atoms with van der Waals surface area (Å²) < 4.78 is 1.82. The van der Waals surface area contributed by atoms with E-state index in [-0.39, 0.29) is 29.0 Å². The first-order chi connectivity index (χ1) is 12.9. The van der Waals surface area contributed by atoms with Crippen LogP contribution in [0.5, 0.6) is 0 Å². The number of anilines is 1. The highest BCUT2D eigenvalue weighted by molar-refractivity contribution is 6.00. The molecule has 4 rings (SSSR count). The first-order valence-electron chi connectivity index (χ1n) is 9.02. The maximum atomic E-state index is 12.8. The Kier molecular flexibility index (Phi) is 4.22. The van der Waals surface area contributed by atoms with Crippen LogP contribution in [0.25, 0.3) is 0 Å². The van der Waals surface area contributed by atoms with Gasteiger partial charge in [-0.15, -0.1) is 0 Å². The van der Waals surface area contributed by atoms with Crippen molar-refractivity contribution in [1.82, 2.24) is 9.47 Å². The standard InChI is InChI=1S/C20H21N3O4/c1-12-5-6-15(19(25)26)16(7-12)21-20(27)22-9-13-8-14(11-22)17-3-2-4-18(24)23(17)10-13/h2-7,13-14H,8-11H2,1H3,(H,21,27)(H,25,26). The molecule has 0 aliphatic carbocycles. The number of nitrogens with zero attached hydrogens (tertiary/aromatic N) is 2. The van der Waals surface area contributed by atoms with Crippen LogP contribution in [0.4, 0.5) is 10.5 Å². The molecule has 2 unspecified atom stereocenters. The molecule has 27 heavy (non-hydrogen) atoms. The van der Waals surface area contributed by atoms with Crippen LogP contribution in [-0.4, -0.2) is 39.7 Å². The van der Waals surface area contributed by atoms with Gasteiger partial charge in [0.2, 0.25) is 0 Å². The lowest BCUT2D eigenvalue weighted by molar-refractivity contribution is 0.0698. The van der Waals surface area contributed by atoms with Gasteiger partial charge in [-0.25, -0.2) is 9.59 Å². The molecule has 1 aromatic carbocycles. The second-order valence-electron chi connectivity index (χ2n) is 7.39. The third-order valence-electron chi connectivity index (χ3n) is 5.41. The number of amides is 2. The molecule has 2 aliphatic rings. The average Bonchev–Trinajstić information content (AvgIpc) is 2.62. The number of aromatic carboxylic acids is 1. The van der Waals surface area contributed by atoms with Crippen molar-refractivity contribution in [2.24, 2.45) is 5.92 Å². The summed E-state index contributed by atoms with van der Waals surface area (Å²) in [5.41, 5.74) is 2.23. The minimum Gasteiger partial charge on any atom is -0.478 e. The fourth-order valence-electron chi connectivity index (χ4n) is 4.20. The van der Waals surface area contributed by atoms with Crippen LogP contribution in [0.15, 0.2) is 41.2 Å². The minimum atomic E-state index is -1.07. The molecule has 1 aromatic heterocycles. The molecule has 3 heterocycles. The zero-order valence-corrected chi connectivity index (χ0v) is 15.0. The first kappa shape index (κ1) is 17.3. The van der Waals surface area contributed by atoms with Gasteiger partial charge in [0.25, 0.3) is 5.56 Å². The van der Waals surface area contributed by atoms with E-state index in [1.807, 2.05) is 17.6 Å². The number of piperidine rings is 1. The van der Waals surface area contributed by atoms with E-state index in [0.29, 0.717) is 25.3 Å². The number of nitrogens with one attached hydrogen (secondary N) is 1. The van der Waals surface area contributed by atoms with Crippen LogP contribution >= 0.6 is 0 Å². The number of hydrogen-bond donors (Lipinski definition) is 2. The fraction of sp³-hybridized carbons (Fsp3) is 0.350. The van der Waals surface area contributed by atoms with E-state index in [9.17, 15) is 19.5 Å². The van der Waals surface area contributed by atoms with Crippen molar-refractivity contribution in [1.29, 1.82) is 0 Å². The van der Waals surface area contributed by atoms with E-state index < -0.39 is 5.97 Å². The number of likely N-dealkylation sites (tertiary alicyclic amines) is 1. The molecule has 2 N–H and O–H groups in total. The second-order valence-corrected chi connectivity index (χ2v) is 7.39. The summed E-state index contributed by atoms with van der Waals surface area (Å²) in [6.07, 6.45) is 0.956. The minimum absolute atomic E-state index is 0.00552. The number of fused-ring (bicyclic) bond motifs is 4. The Morgan fingerprint density at radius 1 is 1.15 bits per heavy atom. The third-order valence-corrected chi connectivity index (χ3v) is 5.41. The number of aromatic nitrogens is 1. The van der Waals surface area contributed by atoms with Crippen molar-refractivity contribution in [2.75, 3.05) is 18.4 Å². The molecule has 2 bridgehead atoms. The van der Waals surface area contributed by atoms with Crippen molar-refractivity contribution < 1.29 is 14.7 Å². The van der Waals surface area contributed by atoms with Crippen LogP contribution in [-0.2, 0) is 6.54 Å². The number of carbonyl (C=O) groups excluding carboxylic acids is 1. The van der Waals surface area contributed by atoms with Gasteiger partial charge in [0.1, 0.15) is 0 Å². The van der Waals surface area contributed by atoms with Gasteiger partial charge in [-0.1, -0.05) is 12.1 Å². The highest BCUT2D eigenvalue weighted by atomic mass is 16.4. The predicted molar refractivity (Wildman–Crippen MR) is 100 cm³/mol. The number of benzene rings is 1. The smallest absolute Gasteiger partial charge is 0.337 e. The van der Waals surface area contributed by atoms with Gasteiger partial charge in [0.15, 0.2) is 0 Å². The summed E-state index contributed by atoms with van der Waals surface area (Å²) in [7, 11) is 0. The molecule has 2 amide bonds. The van der Waals surface area contributed by atoms with Gasteiger partial charge in [-0.2, -0.15) is 0 Å². The van der Waals surface area contributed by atoms with E-state index in [1.165, 1.54) is 6.07 Å². The SMILES string of the molecule is Cc1ccc(C(=O)O)c(NC(=O)N2CC3CC(C2)c2cccc(=O)n2C3)c1. The van der Waals surface area contributed by atoms with Gasteiger partial charge in [-0.05, 0) is 43.0 Å². The molecule has 0 radical (unpaired) electrons. The second kappa shape index (κ2) is 6.57. The fourth-order valence-corrected chi connectivity index (χ4v) is 4.20. The number of urea groups is 1. The van der Waals surface area contributed by atoms with Crippen LogP contribution in [0.3, 0.4) is 0 Å². The Morgan fingerprint density at radius 3 is 2.74 bits per heavy atom. The quantitative estimate of drug-likeness (QED) is 0.853. The monoisotopic (exact) mass is 367 g/mol. The Morgan fingerprint density at radius 2 is 1.96 bits per heavy atom. The number of carbonyl (C=O) groups is 2. The number of aryl methyl sites for hydroxylation is 1. The molecule has 2 aromatic rings. The van der Waals surface area contributed by atoms with Gasteiger partial charge in [0.05, 0.1) is 11.3 Å². The Labute approximate surface area is 156 Å². The molecule has 140 valence electrons. The normalized spacial score (nSPS) is 20.7. The maximum Gasteiger partial charge on any atom is 0.337 e. The van der Waals surface area contributed by atoms with E-state index in [0.717, 1.165) is 17.7 Å². The zero-order valence-electron chi connectivity index (χ0n) is 15.0. The number of rotatable bonds is 2. The van der Waals surface area contributed by atoms with E-state index in [4.69, 9.17) is 0 Å². The molecule has 2 atom stereocenters. The molecule has 7 nitrogen and oxygen atoms in total. The topological polar surface area (TPSA) is 91.6 Å². The molecule has 0 spiro atoms. The van der Waals surface area contributed by atoms with Gasteiger partial charge < -0.3 is 19.9 Å². The van der Waals surface area contributed by atoms with Crippen LogP contribution in [0, 0.1) is 12.8 Å². The Hall–Kier alpha value is -3.09. The number of carboxylic acid groups (broad SMARTS) is 1. The van der Waals surface area contributed by atoms with Crippen molar-refractivity contribution in [3.8, 4) is 0 Å². The van der Waals surface area contributed by atoms with E-state index in [1.54, 1.807) is 29.2 Å². The highest BCUT2D eigenvalue weighted by Gasteiger charge is 2.36. The Bertz CT molecular complexity index is 981. The number of hydrogen-bond acceptors (Lipinski definition) is 3. The van der Waals surface area contributed by atoms with Crippen LogP contribution < -0.4 is 10.9 Å². The largest absolute Gasteiger partial charge is 0.478 e. The van der Waals surface area contributed by atoms with Crippen LogP contribution in [0.2, 0.25) is 0 Å². The number of pyridine rings is 1. The molecule has 1 saturated heterocycles. The zero-order chi connectivity index (χ0) is 19.1. The molecular formula is C20H21N3O4. The lowest BCUT2D eigenvalue weighted by Gasteiger charge is -2.42. The summed E-state index contributed by atoms with van der Waals surface area (Å²) in [5.74, 6) is -0.735. The van der Waals surface area contributed by atoms with E-state index >= 15 is 0 Å². The third kappa shape index (κ3) is 3.20. The lowest BCUT2D eigenvalue weighted by atomic mass is 9.83. The lowest BCUT2D eigenvalue weighted by Crippen LogP contribution is -2.50. The molecule has 1 fully saturated rings. The molecule has 7 heteroatoms. The van der Waals surface area contributed by atoms with Gasteiger partial charge >= 0.3 is 12.0 Å². The molecule has 0 saturated carbocycles. The molecule has 2 aliphatic heterocycles. The van der Waals surface area contributed by atoms with Crippen molar-refractivity contribution in [2.45, 2.75) is 25.8 Å². The summed E-state index contributed by atoms with van der Waals surface area (Å²) in [6.45, 7) is 3.53. The average molecular weight is 367 g/mol. The van der Waals surface area contributed by atoms with Crippen molar-refractivity contribution in [3.05, 3.63) is 63.6 Å². The number of carboxylic acids is 1.